The van der Waals surface area contributed by atoms with Gasteiger partial charge in [-0.15, -0.1) is 0 Å². The maximum atomic E-state index is 10.1. The lowest BCUT2D eigenvalue weighted by molar-refractivity contribution is 0.275. The van der Waals surface area contributed by atoms with E-state index in [0.717, 1.165) is 16.3 Å². The SMILES string of the molecule is CSC(CO)C(C)NCc1c(O)ccc2ccccc12. The molecule has 0 bridgehead atoms. The van der Waals surface area contributed by atoms with Gasteiger partial charge in [-0.1, -0.05) is 30.3 Å². The van der Waals surface area contributed by atoms with Crippen LogP contribution in [0.5, 0.6) is 5.75 Å². The van der Waals surface area contributed by atoms with Crippen LogP contribution in [0.4, 0.5) is 0 Å². The Morgan fingerprint density at radius 1 is 1.20 bits per heavy atom. The molecule has 2 atom stereocenters. The van der Waals surface area contributed by atoms with Crippen LogP contribution in [0, 0.1) is 0 Å². The summed E-state index contributed by atoms with van der Waals surface area (Å²) in [5.41, 5.74) is 0.910. The lowest BCUT2D eigenvalue weighted by atomic mass is 10.0. The molecule has 0 radical (unpaired) electrons. The molecule has 0 amide bonds. The maximum absolute atomic E-state index is 10.1. The highest BCUT2D eigenvalue weighted by atomic mass is 32.2. The Morgan fingerprint density at radius 2 is 1.95 bits per heavy atom. The lowest BCUT2D eigenvalue weighted by Gasteiger charge is -2.22. The number of nitrogens with one attached hydrogen (secondary N) is 1. The molecule has 0 saturated heterocycles. The number of aliphatic hydroxyl groups excluding tert-OH is 1. The predicted molar refractivity (Wildman–Crippen MR) is 86.3 cm³/mol. The van der Waals surface area contributed by atoms with E-state index in [0.29, 0.717) is 12.3 Å². The number of benzene rings is 2. The van der Waals surface area contributed by atoms with Gasteiger partial charge in [-0.3, -0.25) is 0 Å². The lowest BCUT2D eigenvalue weighted by Crippen LogP contribution is -2.37. The van der Waals surface area contributed by atoms with Crippen molar-refractivity contribution in [1.29, 1.82) is 0 Å². The van der Waals surface area contributed by atoms with Crippen LogP contribution in [-0.2, 0) is 6.54 Å². The molecule has 0 saturated carbocycles. The van der Waals surface area contributed by atoms with Crippen LogP contribution >= 0.6 is 11.8 Å². The van der Waals surface area contributed by atoms with Crippen molar-refractivity contribution in [1.82, 2.24) is 5.32 Å². The molecule has 2 aromatic rings. The first-order valence-electron chi connectivity index (χ1n) is 6.74. The Hall–Kier alpha value is -1.23. The number of hydrogen-bond acceptors (Lipinski definition) is 4. The Morgan fingerprint density at radius 3 is 2.65 bits per heavy atom. The molecule has 0 spiro atoms. The molecular formula is C16H21NO2S. The summed E-state index contributed by atoms with van der Waals surface area (Å²) in [5.74, 6) is 0.313. The van der Waals surface area contributed by atoms with Crippen molar-refractivity contribution in [2.75, 3.05) is 12.9 Å². The topological polar surface area (TPSA) is 52.5 Å². The highest BCUT2D eigenvalue weighted by Crippen LogP contribution is 2.27. The normalized spacial score (nSPS) is 14.3. The number of phenolic OH excluding ortho intramolecular Hbond substituents is 1. The fourth-order valence-electron chi connectivity index (χ4n) is 2.34. The summed E-state index contributed by atoms with van der Waals surface area (Å²) in [5, 5.41) is 25.1. The third-order valence-corrected chi connectivity index (χ3v) is 4.82. The Labute approximate surface area is 124 Å². The van der Waals surface area contributed by atoms with Gasteiger partial charge in [-0.2, -0.15) is 11.8 Å². The number of rotatable bonds is 6. The van der Waals surface area contributed by atoms with Gasteiger partial charge < -0.3 is 15.5 Å². The number of aromatic hydroxyl groups is 1. The summed E-state index contributed by atoms with van der Waals surface area (Å²) < 4.78 is 0. The van der Waals surface area contributed by atoms with Gasteiger partial charge in [0, 0.05) is 23.4 Å². The molecule has 0 fully saturated rings. The van der Waals surface area contributed by atoms with E-state index in [1.54, 1.807) is 17.8 Å². The summed E-state index contributed by atoms with van der Waals surface area (Å²) >= 11 is 1.65. The van der Waals surface area contributed by atoms with E-state index < -0.39 is 0 Å². The third kappa shape index (κ3) is 3.26. The van der Waals surface area contributed by atoms with Crippen LogP contribution in [0.2, 0.25) is 0 Å². The molecule has 20 heavy (non-hydrogen) atoms. The molecule has 2 rings (SSSR count). The van der Waals surface area contributed by atoms with Crippen molar-refractivity contribution in [3.8, 4) is 5.75 Å². The highest BCUT2D eigenvalue weighted by molar-refractivity contribution is 7.99. The minimum absolute atomic E-state index is 0.150. The van der Waals surface area contributed by atoms with Crippen molar-refractivity contribution in [2.24, 2.45) is 0 Å². The second-order valence-corrected chi connectivity index (χ2v) is 5.99. The number of phenols is 1. The molecular weight excluding hydrogens is 270 g/mol. The third-order valence-electron chi connectivity index (χ3n) is 3.66. The van der Waals surface area contributed by atoms with E-state index in [9.17, 15) is 10.2 Å². The van der Waals surface area contributed by atoms with Gasteiger partial charge in [0.1, 0.15) is 5.75 Å². The summed E-state index contributed by atoms with van der Waals surface area (Å²) in [7, 11) is 0. The van der Waals surface area contributed by atoms with Gasteiger partial charge in [0.05, 0.1) is 6.61 Å². The van der Waals surface area contributed by atoms with E-state index in [1.165, 1.54) is 0 Å². The molecule has 0 aliphatic carbocycles. The van der Waals surface area contributed by atoms with Gasteiger partial charge in [-0.05, 0) is 30.0 Å². The average Bonchev–Trinajstić information content (AvgIpc) is 2.47. The monoisotopic (exact) mass is 291 g/mol. The second-order valence-electron chi connectivity index (χ2n) is 4.91. The minimum atomic E-state index is 0.150. The van der Waals surface area contributed by atoms with E-state index >= 15 is 0 Å². The highest BCUT2D eigenvalue weighted by Gasteiger charge is 2.15. The van der Waals surface area contributed by atoms with Crippen LogP contribution in [0.25, 0.3) is 10.8 Å². The number of aliphatic hydroxyl groups is 1. The summed E-state index contributed by atoms with van der Waals surface area (Å²) in [6.07, 6.45) is 1.99. The van der Waals surface area contributed by atoms with Crippen molar-refractivity contribution >= 4 is 22.5 Å². The second kappa shape index (κ2) is 6.97. The summed E-state index contributed by atoms with van der Waals surface area (Å²) in [6, 6.07) is 11.9. The Bertz CT molecular complexity index is 569. The molecule has 3 N–H and O–H groups in total. The Kier molecular flexibility index (Phi) is 5.29. The van der Waals surface area contributed by atoms with Crippen LogP contribution in [-0.4, -0.2) is 34.4 Å². The van der Waals surface area contributed by atoms with E-state index in [4.69, 9.17) is 0 Å². The minimum Gasteiger partial charge on any atom is -0.508 e. The molecule has 4 heteroatoms. The van der Waals surface area contributed by atoms with Crippen molar-refractivity contribution in [3.05, 3.63) is 42.0 Å². The van der Waals surface area contributed by atoms with E-state index in [1.807, 2.05) is 36.6 Å². The quantitative estimate of drug-likeness (QED) is 0.766. The van der Waals surface area contributed by atoms with Crippen LogP contribution in [0.1, 0.15) is 12.5 Å². The zero-order chi connectivity index (χ0) is 14.5. The van der Waals surface area contributed by atoms with E-state index in [2.05, 4.69) is 12.2 Å². The summed E-state index contributed by atoms with van der Waals surface area (Å²) in [4.78, 5) is 0. The molecule has 108 valence electrons. The first-order chi connectivity index (χ1) is 9.67. The van der Waals surface area contributed by atoms with Crippen molar-refractivity contribution in [3.63, 3.8) is 0 Å². The van der Waals surface area contributed by atoms with Crippen LogP contribution < -0.4 is 5.32 Å². The van der Waals surface area contributed by atoms with Gasteiger partial charge in [0.2, 0.25) is 0 Å². The first kappa shape index (κ1) is 15.2. The van der Waals surface area contributed by atoms with Crippen LogP contribution in [0.15, 0.2) is 36.4 Å². The van der Waals surface area contributed by atoms with Gasteiger partial charge in [-0.25, -0.2) is 0 Å². The largest absolute Gasteiger partial charge is 0.508 e. The first-order valence-corrected chi connectivity index (χ1v) is 8.02. The fourth-order valence-corrected chi connectivity index (χ4v) is 3.00. The smallest absolute Gasteiger partial charge is 0.120 e. The average molecular weight is 291 g/mol. The predicted octanol–water partition coefficient (Wildman–Crippen LogP) is 2.75. The molecule has 0 aromatic heterocycles. The van der Waals surface area contributed by atoms with Gasteiger partial charge in [0.15, 0.2) is 0 Å². The molecule has 0 aliphatic heterocycles. The standard InChI is InChI=1S/C16H21NO2S/c1-11(16(10-18)20-2)17-9-14-13-6-4-3-5-12(13)7-8-15(14)19/h3-8,11,16-19H,9-10H2,1-2H3. The number of thioether (sulfide) groups is 1. The molecule has 0 aliphatic rings. The Balaban J connectivity index is 2.19. The molecule has 2 unspecified atom stereocenters. The number of hydrogen-bond donors (Lipinski definition) is 3. The summed E-state index contributed by atoms with van der Waals surface area (Å²) in [6.45, 7) is 2.79. The zero-order valence-electron chi connectivity index (χ0n) is 11.8. The van der Waals surface area contributed by atoms with Crippen molar-refractivity contribution < 1.29 is 10.2 Å². The molecule has 0 heterocycles. The van der Waals surface area contributed by atoms with Crippen molar-refractivity contribution in [2.45, 2.75) is 24.8 Å². The zero-order valence-corrected chi connectivity index (χ0v) is 12.7. The van der Waals surface area contributed by atoms with Gasteiger partial charge in [0.25, 0.3) is 0 Å². The number of fused-ring (bicyclic) bond motifs is 1. The van der Waals surface area contributed by atoms with Crippen LogP contribution in [0.3, 0.4) is 0 Å². The molecule has 2 aromatic carbocycles. The van der Waals surface area contributed by atoms with E-state index in [-0.39, 0.29) is 17.9 Å². The molecule has 3 nitrogen and oxygen atoms in total. The van der Waals surface area contributed by atoms with Gasteiger partial charge >= 0.3 is 0 Å². The maximum Gasteiger partial charge on any atom is 0.120 e. The fraction of sp³-hybridized carbons (Fsp3) is 0.375.